The summed E-state index contributed by atoms with van der Waals surface area (Å²) in [6, 6.07) is 3.43. The molecule has 0 fully saturated rings. The molecule has 90 valence electrons. The van der Waals surface area contributed by atoms with Crippen LogP contribution in [0.5, 0.6) is 5.75 Å². The Morgan fingerprint density at radius 1 is 1.38 bits per heavy atom. The second-order valence-electron chi connectivity index (χ2n) is 3.36. The number of nitrogens with one attached hydrogen (secondary N) is 1. The van der Waals surface area contributed by atoms with Crippen molar-refractivity contribution in [1.82, 2.24) is 5.32 Å². The van der Waals surface area contributed by atoms with Crippen molar-refractivity contribution >= 4 is 0 Å². The van der Waals surface area contributed by atoms with Gasteiger partial charge in [-0.3, -0.25) is 0 Å². The van der Waals surface area contributed by atoms with E-state index < -0.39 is 11.6 Å². The zero-order valence-electron chi connectivity index (χ0n) is 9.04. The van der Waals surface area contributed by atoms with Crippen LogP contribution in [-0.2, 0) is 0 Å². The van der Waals surface area contributed by atoms with Crippen molar-refractivity contribution in [1.29, 1.82) is 0 Å². The van der Waals surface area contributed by atoms with E-state index in [1.165, 1.54) is 6.07 Å². The first kappa shape index (κ1) is 12.9. The molecule has 0 aliphatic heterocycles. The number of hydrogen-bond donors (Lipinski definition) is 2. The molecule has 0 bridgehead atoms. The van der Waals surface area contributed by atoms with E-state index in [9.17, 15) is 8.78 Å². The summed E-state index contributed by atoms with van der Waals surface area (Å²) in [5.41, 5.74) is 0. The van der Waals surface area contributed by atoms with Gasteiger partial charge in [-0.05, 0) is 25.6 Å². The van der Waals surface area contributed by atoms with Gasteiger partial charge in [-0.25, -0.2) is 8.78 Å². The minimum atomic E-state index is -0.718. The van der Waals surface area contributed by atoms with Gasteiger partial charge in [-0.2, -0.15) is 0 Å². The summed E-state index contributed by atoms with van der Waals surface area (Å²) in [5.74, 6) is -1.80. The predicted octanol–water partition coefficient (Wildman–Crippen LogP) is 1.31. The minimum Gasteiger partial charge on any atom is -0.488 e. The molecule has 0 heterocycles. The Labute approximate surface area is 93.0 Å². The van der Waals surface area contributed by atoms with E-state index in [1.807, 2.05) is 0 Å². The van der Waals surface area contributed by atoms with Crippen LogP contribution in [0, 0.1) is 11.6 Å². The van der Waals surface area contributed by atoms with Gasteiger partial charge in [0.25, 0.3) is 0 Å². The fourth-order valence-electron chi connectivity index (χ4n) is 1.25. The fourth-order valence-corrected chi connectivity index (χ4v) is 1.25. The first-order valence-electron chi connectivity index (χ1n) is 5.04. The van der Waals surface area contributed by atoms with Crippen LogP contribution >= 0.6 is 0 Å². The van der Waals surface area contributed by atoms with E-state index in [4.69, 9.17) is 9.84 Å². The van der Waals surface area contributed by atoms with Crippen LogP contribution in [-0.4, -0.2) is 31.4 Å². The predicted molar refractivity (Wildman–Crippen MR) is 56.4 cm³/mol. The number of para-hydroxylation sites is 1. The number of benzene rings is 1. The van der Waals surface area contributed by atoms with Gasteiger partial charge in [0, 0.05) is 6.04 Å². The maximum absolute atomic E-state index is 13.1. The van der Waals surface area contributed by atoms with Gasteiger partial charge in [0.05, 0.1) is 13.2 Å². The molecule has 0 saturated heterocycles. The number of aliphatic hydroxyl groups excluding tert-OH is 1. The molecule has 2 N–H and O–H groups in total. The Morgan fingerprint density at radius 3 is 2.50 bits per heavy atom. The smallest absolute Gasteiger partial charge is 0.190 e. The Kier molecular flexibility index (Phi) is 5.14. The van der Waals surface area contributed by atoms with Crippen molar-refractivity contribution < 1.29 is 18.6 Å². The molecule has 1 aromatic carbocycles. The van der Waals surface area contributed by atoms with Gasteiger partial charge in [-0.15, -0.1) is 0 Å². The lowest BCUT2D eigenvalue weighted by Gasteiger charge is -2.13. The Hall–Kier alpha value is -1.20. The van der Waals surface area contributed by atoms with Crippen molar-refractivity contribution in [2.24, 2.45) is 0 Å². The summed E-state index contributed by atoms with van der Waals surface area (Å²) in [7, 11) is 1.70. The Balaban J connectivity index is 2.48. The van der Waals surface area contributed by atoms with E-state index in [-0.39, 0.29) is 25.0 Å². The molecular weight excluding hydrogens is 216 g/mol. The third kappa shape index (κ3) is 3.43. The van der Waals surface area contributed by atoms with Crippen LogP contribution in [0.2, 0.25) is 0 Å². The highest BCUT2D eigenvalue weighted by Crippen LogP contribution is 2.20. The highest BCUT2D eigenvalue weighted by Gasteiger charge is 2.10. The molecular formula is C11H15F2NO2. The van der Waals surface area contributed by atoms with Gasteiger partial charge < -0.3 is 15.2 Å². The molecule has 0 aliphatic rings. The molecule has 1 aromatic rings. The van der Waals surface area contributed by atoms with Crippen LogP contribution in [0.1, 0.15) is 6.42 Å². The quantitative estimate of drug-likeness (QED) is 0.775. The van der Waals surface area contributed by atoms with Crippen molar-refractivity contribution in [3.05, 3.63) is 29.8 Å². The molecule has 0 amide bonds. The highest BCUT2D eigenvalue weighted by molar-refractivity contribution is 5.25. The van der Waals surface area contributed by atoms with Crippen molar-refractivity contribution in [2.75, 3.05) is 20.3 Å². The summed E-state index contributed by atoms with van der Waals surface area (Å²) in [5, 5.41) is 11.7. The molecule has 0 aromatic heterocycles. The summed E-state index contributed by atoms with van der Waals surface area (Å²) in [6.07, 6.45) is 0.473. The van der Waals surface area contributed by atoms with E-state index in [0.29, 0.717) is 6.42 Å². The van der Waals surface area contributed by atoms with Crippen molar-refractivity contribution in [3.8, 4) is 5.75 Å². The summed E-state index contributed by atoms with van der Waals surface area (Å²) >= 11 is 0. The van der Waals surface area contributed by atoms with E-state index in [0.717, 1.165) is 12.1 Å². The standard InChI is InChI=1S/C11H15F2NO2/c1-14-8(7-15)5-6-16-11-9(12)3-2-4-10(11)13/h2-4,8,14-15H,5-7H2,1H3. The summed E-state index contributed by atoms with van der Waals surface area (Å²) < 4.78 is 31.2. The number of halogens is 2. The van der Waals surface area contributed by atoms with Gasteiger partial charge >= 0.3 is 0 Å². The summed E-state index contributed by atoms with van der Waals surface area (Å²) in [4.78, 5) is 0. The molecule has 5 heteroatoms. The molecule has 1 atom stereocenters. The zero-order valence-corrected chi connectivity index (χ0v) is 9.04. The van der Waals surface area contributed by atoms with Crippen molar-refractivity contribution in [2.45, 2.75) is 12.5 Å². The average Bonchev–Trinajstić information content (AvgIpc) is 2.28. The molecule has 0 spiro atoms. The maximum Gasteiger partial charge on any atom is 0.190 e. The molecule has 16 heavy (non-hydrogen) atoms. The lowest BCUT2D eigenvalue weighted by atomic mass is 10.2. The molecule has 0 aliphatic carbocycles. The number of aliphatic hydroxyl groups is 1. The first-order valence-corrected chi connectivity index (χ1v) is 5.04. The topological polar surface area (TPSA) is 41.5 Å². The Morgan fingerprint density at radius 2 is 2.00 bits per heavy atom. The van der Waals surface area contributed by atoms with Crippen LogP contribution in [0.4, 0.5) is 8.78 Å². The van der Waals surface area contributed by atoms with Gasteiger partial charge in [0.2, 0.25) is 0 Å². The number of likely N-dealkylation sites (N-methyl/N-ethyl adjacent to an activating group) is 1. The summed E-state index contributed by atoms with van der Waals surface area (Å²) in [6.45, 7) is 0.101. The number of ether oxygens (including phenoxy) is 1. The highest BCUT2D eigenvalue weighted by atomic mass is 19.1. The first-order chi connectivity index (χ1) is 7.69. The van der Waals surface area contributed by atoms with Gasteiger partial charge in [-0.1, -0.05) is 6.07 Å². The average molecular weight is 231 g/mol. The zero-order chi connectivity index (χ0) is 12.0. The van der Waals surface area contributed by atoms with Crippen LogP contribution in [0.25, 0.3) is 0 Å². The van der Waals surface area contributed by atoms with Gasteiger partial charge in [0.1, 0.15) is 0 Å². The van der Waals surface area contributed by atoms with Crippen LogP contribution in [0.3, 0.4) is 0 Å². The number of rotatable bonds is 6. The van der Waals surface area contributed by atoms with Gasteiger partial charge in [0.15, 0.2) is 17.4 Å². The maximum atomic E-state index is 13.1. The SMILES string of the molecule is CNC(CO)CCOc1c(F)cccc1F. The lowest BCUT2D eigenvalue weighted by molar-refractivity contribution is 0.208. The number of hydrogen-bond acceptors (Lipinski definition) is 3. The lowest BCUT2D eigenvalue weighted by Crippen LogP contribution is -2.30. The van der Waals surface area contributed by atoms with Crippen molar-refractivity contribution in [3.63, 3.8) is 0 Å². The second kappa shape index (κ2) is 6.40. The fraction of sp³-hybridized carbons (Fsp3) is 0.455. The molecule has 0 saturated carbocycles. The molecule has 0 radical (unpaired) electrons. The Bertz CT molecular complexity index is 310. The molecule has 3 nitrogen and oxygen atoms in total. The molecule has 1 rings (SSSR count). The third-order valence-corrected chi connectivity index (χ3v) is 2.26. The minimum absolute atomic E-state index is 0.0420. The van der Waals surface area contributed by atoms with E-state index in [1.54, 1.807) is 7.05 Å². The molecule has 1 unspecified atom stereocenters. The largest absolute Gasteiger partial charge is 0.488 e. The monoisotopic (exact) mass is 231 g/mol. The van der Waals surface area contributed by atoms with Crippen LogP contribution < -0.4 is 10.1 Å². The second-order valence-corrected chi connectivity index (χ2v) is 3.36. The van der Waals surface area contributed by atoms with E-state index >= 15 is 0 Å². The normalized spacial score (nSPS) is 12.5. The van der Waals surface area contributed by atoms with Crippen LogP contribution in [0.15, 0.2) is 18.2 Å². The third-order valence-electron chi connectivity index (χ3n) is 2.26. The van der Waals surface area contributed by atoms with E-state index in [2.05, 4.69) is 5.32 Å².